The molecule has 0 saturated carbocycles. The van der Waals surface area contributed by atoms with Crippen LogP contribution in [0.4, 0.5) is 5.13 Å². The summed E-state index contributed by atoms with van der Waals surface area (Å²) in [5.41, 5.74) is 0.966. The quantitative estimate of drug-likeness (QED) is 0.779. The van der Waals surface area contributed by atoms with Crippen LogP contribution in [-0.2, 0) is 10.6 Å². The van der Waals surface area contributed by atoms with Crippen molar-refractivity contribution in [2.75, 3.05) is 31.7 Å². The molecule has 0 spiro atoms. The van der Waals surface area contributed by atoms with Crippen LogP contribution in [0.3, 0.4) is 0 Å². The van der Waals surface area contributed by atoms with Crippen molar-refractivity contribution in [2.24, 2.45) is 5.92 Å². The third kappa shape index (κ3) is 3.09. The SMILES string of the molecule is CN(CC1CCCOC1)c1nc(CCl)cs1. The number of ether oxygens (including phenoxy) is 1. The summed E-state index contributed by atoms with van der Waals surface area (Å²) in [5, 5.41) is 3.08. The van der Waals surface area contributed by atoms with Crippen molar-refractivity contribution in [1.29, 1.82) is 0 Å². The van der Waals surface area contributed by atoms with Crippen molar-refractivity contribution >= 4 is 28.1 Å². The van der Waals surface area contributed by atoms with Gasteiger partial charge in [0.15, 0.2) is 5.13 Å². The summed E-state index contributed by atoms with van der Waals surface area (Å²) in [6, 6.07) is 0. The summed E-state index contributed by atoms with van der Waals surface area (Å²) in [7, 11) is 2.09. The van der Waals surface area contributed by atoms with E-state index in [1.165, 1.54) is 12.8 Å². The summed E-state index contributed by atoms with van der Waals surface area (Å²) in [6.07, 6.45) is 2.45. The zero-order valence-electron chi connectivity index (χ0n) is 9.49. The van der Waals surface area contributed by atoms with Crippen molar-refractivity contribution in [3.05, 3.63) is 11.1 Å². The van der Waals surface area contributed by atoms with Crippen molar-refractivity contribution < 1.29 is 4.74 Å². The number of aromatic nitrogens is 1. The molecular formula is C11H17ClN2OS. The Bertz CT molecular complexity index is 326. The molecule has 1 unspecified atom stereocenters. The second kappa shape index (κ2) is 5.84. The monoisotopic (exact) mass is 260 g/mol. The molecule has 1 aromatic rings. The normalized spacial score (nSPS) is 21.0. The Morgan fingerprint density at radius 2 is 2.56 bits per heavy atom. The minimum absolute atomic E-state index is 0.497. The fourth-order valence-corrected chi connectivity index (χ4v) is 2.98. The van der Waals surface area contributed by atoms with Crippen molar-refractivity contribution in [1.82, 2.24) is 4.98 Å². The van der Waals surface area contributed by atoms with Crippen molar-refractivity contribution in [2.45, 2.75) is 18.7 Å². The van der Waals surface area contributed by atoms with E-state index < -0.39 is 0 Å². The van der Waals surface area contributed by atoms with Gasteiger partial charge in [-0.05, 0) is 18.8 Å². The molecule has 16 heavy (non-hydrogen) atoms. The number of rotatable bonds is 4. The first kappa shape index (κ1) is 12.1. The fraction of sp³-hybridized carbons (Fsp3) is 0.727. The highest BCUT2D eigenvalue weighted by Crippen LogP contribution is 2.23. The van der Waals surface area contributed by atoms with Gasteiger partial charge in [0, 0.05) is 25.6 Å². The summed E-state index contributed by atoms with van der Waals surface area (Å²) in [4.78, 5) is 6.67. The Balaban J connectivity index is 1.88. The molecule has 5 heteroatoms. The largest absolute Gasteiger partial charge is 0.381 e. The van der Waals surface area contributed by atoms with E-state index in [2.05, 4.69) is 16.9 Å². The molecule has 0 N–H and O–H groups in total. The van der Waals surface area contributed by atoms with Gasteiger partial charge in [-0.2, -0.15) is 0 Å². The molecule has 1 aliphatic heterocycles. The summed E-state index contributed by atoms with van der Waals surface area (Å²) >= 11 is 7.40. The molecule has 0 bridgehead atoms. The van der Waals surface area contributed by atoms with Crippen LogP contribution in [0, 0.1) is 5.92 Å². The number of thiazole rings is 1. The molecule has 1 aliphatic rings. The van der Waals surface area contributed by atoms with Crippen LogP contribution >= 0.6 is 22.9 Å². The van der Waals surface area contributed by atoms with E-state index in [9.17, 15) is 0 Å². The first-order valence-corrected chi connectivity index (χ1v) is 7.00. The molecule has 2 heterocycles. The average molecular weight is 261 g/mol. The van der Waals surface area contributed by atoms with E-state index in [4.69, 9.17) is 16.3 Å². The highest BCUT2D eigenvalue weighted by atomic mass is 35.5. The standard InChI is InChI=1S/C11H17ClN2OS/c1-14(6-9-3-2-4-15-7-9)11-13-10(5-12)8-16-11/h8-9H,2-7H2,1H3. The lowest BCUT2D eigenvalue weighted by Gasteiger charge is -2.26. The third-order valence-corrected chi connectivity index (χ3v) is 4.07. The number of hydrogen-bond acceptors (Lipinski definition) is 4. The molecule has 0 aromatic carbocycles. The van der Waals surface area contributed by atoms with E-state index in [0.717, 1.165) is 30.6 Å². The zero-order valence-corrected chi connectivity index (χ0v) is 11.1. The lowest BCUT2D eigenvalue weighted by Crippen LogP contribution is -2.30. The average Bonchev–Trinajstić information content (AvgIpc) is 2.79. The minimum atomic E-state index is 0.497. The van der Waals surface area contributed by atoms with Gasteiger partial charge in [0.1, 0.15) is 0 Å². The minimum Gasteiger partial charge on any atom is -0.381 e. The van der Waals surface area contributed by atoms with Crippen LogP contribution in [0.15, 0.2) is 5.38 Å². The summed E-state index contributed by atoms with van der Waals surface area (Å²) in [6.45, 7) is 2.83. The molecule has 3 nitrogen and oxygen atoms in total. The van der Waals surface area contributed by atoms with Crippen LogP contribution in [0.2, 0.25) is 0 Å². The molecule has 1 atom stereocenters. The smallest absolute Gasteiger partial charge is 0.185 e. The molecular weight excluding hydrogens is 244 g/mol. The highest BCUT2D eigenvalue weighted by molar-refractivity contribution is 7.13. The second-order valence-corrected chi connectivity index (χ2v) is 5.32. The molecule has 1 fully saturated rings. The van der Waals surface area contributed by atoms with Gasteiger partial charge in [0.05, 0.1) is 18.2 Å². The number of alkyl halides is 1. The molecule has 90 valence electrons. The van der Waals surface area contributed by atoms with E-state index >= 15 is 0 Å². The van der Waals surface area contributed by atoms with Gasteiger partial charge in [-0.25, -0.2) is 4.98 Å². The van der Waals surface area contributed by atoms with Gasteiger partial charge in [-0.3, -0.25) is 0 Å². The van der Waals surface area contributed by atoms with E-state index in [1.807, 2.05) is 5.38 Å². The van der Waals surface area contributed by atoms with E-state index in [0.29, 0.717) is 11.8 Å². The van der Waals surface area contributed by atoms with Crippen LogP contribution in [-0.4, -0.2) is 31.8 Å². The molecule has 2 rings (SSSR count). The van der Waals surface area contributed by atoms with Gasteiger partial charge in [-0.15, -0.1) is 22.9 Å². The highest BCUT2D eigenvalue weighted by Gasteiger charge is 2.17. The Morgan fingerprint density at radius 3 is 3.19 bits per heavy atom. The number of nitrogens with zero attached hydrogens (tertiary/aromatic N) is 2. The molecule has 1 saturated heterocycles. The lowest BCUT2D eigenvalue weighted by molar-refractivity contribution is 0.0576. The molecule has 0 radical (unpaired) electrons. The maximum absolute atomic E-state index is 5.74. The molecule has 1 aromatic heterocycles. The predicted octanol–water partition coefficient (Wildman–Crippen LogP) is 2.74. The van der Waals surface area contributed by atoms with Gasteiger partial charge < -0.3 is 9.64 Å². The maximum atomic E-state index is 5.74. The predicted molar refractivity (Wildman–Crippen MR) is 68.5 cm³/mol. The lowest BCUT2D eigenvalue weighted by atomic mass is 10.0. The first-order chi connectivity index (χ1) is 7.79. The first-order valence-electron chi connectivity index (χ1n) is 5.59. The van der Waals surface area contributed by atoms with Crippen molar-refractivity contribution in [3.63, 3.8) is 0 Å². The maximum Gasteiger partial charge on any atom is 0.185 e. The Kier molecular flexibility index (Phi) is 4.44. The summed E-state index contributed by atoms with van der Waals surface area (Å²) in [5.74, 6) is 1.14. The van der Waals surface area contributed by atoms with Crippen LogP contribution < -0.4 is 4.90 Å². The van der Waals surface area contributed by atoms with Crippen LogP contribution in [0.5, 0.6) is 0 Å². The second-order valence-electron chi connectivity index (χ2n) is 4.22. The van der Waals surface area contributed by atoms with Crippen molar-refractivity contribution in [3.8, 4) is 0 Å². The fourth-order valence-electron chi connectivity index (χ4n) is 1.95. The molecule has 0 aliphatic carbocycles. The van der Waals surface area contributed by atoms with Gasteiger partial charge in [0.25, 0.3) is 0 Å². The van der Waals surface area contributed by atoms with Crippen LogP contribution in [0.25, 0.3) is 0 Å². The zero-order chi connectivity index (χ0) is 11.4. The number of hydrogen-bond donors (Lipinski definition) is 0. The summed E-state index contributed by atoms with van der Waals surface area (Å²) < 4.78 is 5.48. The Labute approximate surface area is 105 Å². The van der Waals surface area contributed by atoms with Gasteiger partial charge in [-0.1, -0.05) is 0 Å². The van der Waals surface area contributed by atoms with Crippen LogP contribution in [0.1, 0.15) is 18.5 Å². The van der Waals surface area contributed by atoms with E-state index in [-0.39, 0.29) is 0 Å². The molecule has 0 amide bonds. The third-order valence-electron chi connectivity index (χ3n) is 2.79. The Morgan fingerprint density at radius 1 is 1.69 bits per heavy atom. The van der Waals surface area contributed by atoms with E-state index in [1.54, 1.807) is 11.3 Å². The number of halogens is 1. The van der Waals surface area contributed by atoms with Gasteiger partial charge in [0.2, 0.25) is 0 Å². The Hall–Kier alpha value is -0.320. The van der Waals surface area contributed by atoms with Gasteiger partial charge >= 0.3 is 0 Å². The topological polar surface area (TPSA) is 25.4 Å². The number of anilines is 1.